The average molecular weight is 229 g/mol. The SMILES string of the molecule is CCN(CC)c1ncc(NC)c2ccccc12. The van der Waals surface area contributed by atoms with Gasteiger partial charge >= 0.3 is 0 Å². The number of benzene rings is 1. The van der Waals surface area contributed by atoms with Gasteiger partial charge < -0.3 is 10.2 Å². The molecule has 0 spiro atoms. The lowest BCUT2D eigenvalue weighted by Crippen LogP contribution is -2.23. The first-order valence-corrected chi connectivity index (χ1v) is 6.12. The zero-order chi connectivity index (χ0) is 12.3. The van der Waals surface area contributed by atoms with Crippen LogP contribution in [0, 0.1) is 0 Å². The normalized spacial score (nSPS) is 10.5. The van der Waals surface area contributed by atoms with E-state index in [1.807, 2.05) is 13.2 Å². The summed E-state index contributed by atoms with van der Waals surface area (Å²) in [6, 6.07) is 8.40. The van der Waals surface area contributed by atoms with Crippen molar-refractivity contribution in [1.82, 2.24) is 4.98 Å². The molecule has 0 unspecified atom stereocenters. The van der Waals surface area contributed by atoms with Crippen molar-refractivity contribution in [2.24, 2.45) is 0 Å². The molecule has 0 saturated heterocycles. The van der Waals surface area contributed by atoms with Crippen LogP contribution in [0.3, 0.4) is 0 Å². The van der Waals surface area contributed by atoms with Crippen molar-refractivity contribution in [1.29, 1.82) is 0 Å². The van der Waals surface area contributed by atoms with Gasteiger partial charge in [-0.05, 0) is 13.8 Å². The Bertz CT molecular complexity index is 504. The van der Waals surface area contributed by atoms with Crippen LogP contribution in [0.2, 0.25) is 0 Å². The molecule has 0 saturated carbocycles. The molecule has 2 rings (SSSR count). The summed E-state index contributed by atoms with van der Waals surface area (Å²) in [6.07, 6.45) is 1.91. The molecule has 3 nitrogen and oxygen atoms in total. The van der Waals surface area contributed by atoms with Gasteiger partial charge in [-0.3, -0.25) is 0 Å². The van der Waals surface area contributed by atoms with Gasteiger partial charge in [0, 0.05) is 30.9 Å². The second-order valence-electron chi connectivity index (χ2n) is 3.96. The van der Waals surface area contributed by atoms with Crippen LogP contribution < -0.4 is 10.2 Å². The van der Waals surface area contributed by atoms with Crippen molar-refractivity contribution in [2.75, 3.05) is 30.4 Å². The van der Waals surface area contributed by atoms with E-state index in [1.165, 1.54) is 10.8 Å². The second kappa shape index (κ2) is 5.04. The molecule has 0 atom stereocenters. The number of hydrogen-bond acceptors (Lipinski definition) is 3. The van der Waals surface area contributed by atoms with E-state index in [9.17, 15) is 0 Å². The lowest BCUT2D eigenvalue weighted by atomic mass is 10.1. The summed E-state index contributed by atoms with van der Waals surface area (Å²) in [6.45, 7) is 6.27. The second-order valence-corrected chi connectivity index (χ2v) is 3.96. The summed E-state index contributed by atoms with van der Waals surface area (Å²) in [5.74, 6) is 1.07. The molecule has 0 bridgehead atoms. The maximum absolute atomic E-state index is 4.58. The minimum Gasteiger partial charge on any atom is -0.386 e. The van der Waals surface area contributed by atoms with Gasteiger partial charge in [-0.15, -0.1) is 0 Å². The first-order valence-electron chi connectivity index (χ1n) is 6.12. The predicted molar refractivity (Wildman–Crippen MR) is 74.9 cm³/mol. The predicted octanol–water partition coefficient (Wildman–Crippen LogP) is 3.12. The third kappa shape index (κ3) is 2.05. The Morgan fingerprint density at radius 1 is 1.12 bits per heavy atom. The first-order chi connectivity index (χ1) is 8.31. The molecular weight excluding hydrogens is 210 g/mol. The Labute approximate surface area is 102 Å². The van der Waals surface area contributed by atoms with Gasteiger partial charge in [0.25, 0.3) is 0 Å². The van der Waals surface area contributed by atoms with E-state index in [4.69, 9.17) is 0 Å². The minimum absolute atomic E-state index is 0.979. The number of rotatable bonds is 4. The molecule has 0 radical (unpaired) electrons. The summed E-state index contributed by atoms with van der Waals surface area (Å²) in [4.78, 5) is 6.86. The molecule has 0 aliphatic rings. The highest BCUT2D eigenvalue weighted by molar-refractivity contribution is 6.00. The van der Waals surface area contributed by atoms with E-state index in [2.05, 4.69) is 53.3 Å². The molecule has 90 valence electrons. The molecule has 17 heavy (non-hydrogen) atoms. The van der Waals surface area contributed by atoms with Crippen LogP contribution in [-0.4, -0.2) is 25.1 Å². The Morgan fingerprint density at radius 2 is 1.76 bits per heavy atom. The third-order valence-electron chi connectivity index (χ3n) is 3.11. The maximum Gasteiger partial charge on any atom is 0.136 e. The van der Waals surface area contributed by atoms with Gasteiger partial charge in [-0.25, -0.2) is 4.98 Å². The van der Waals surface area contributed by atoms with Crippen molar-refractivity contribution < 1.29 is 0 Å². The smallest absolute Gasteiger partial charge is 0.136 e. The van der Waals surface area contributed by atoms with Gasteiger partial charge in [-0.2, -0.15) is 0 Å². The number of aromatic nitrogens is 1. The van der Waals surface area contributed by atoms with Crippen LogP contribution in [0.15, 0.2) is 30.5 Å². The monoisotopic (exact) mass is 229 g/mol. The van der Waals surface area contributed by atoms with Crippen LogP contribution in [0.1, 0.15) is 13.8 Å². The largest absolute Gasteiger partial charge is 0.386 e. The molecule has 1 aromatic heterocycles. The van der Waals surface area contributed by atoms with Crippen LogP contribution in [0.25, 0.3) is 10.8 Å². The van der Waals surface area contributed by atoms with Gasteiger partial charge in [-0.1, -0.05) is 24.3 Å². The minimum atomic E-state index is 0.979. The molecule has 1 N–H and O–H groups in total. The van der Waals surface area contributed by atoms with E-state index in [0.717, 1.165) is 24.6 Å². The van der Waals surface area contributed by atoms with E-state index < -0.39 is 0 Å². The van der Waals surface area contributed by atoms with Crippen molar-refractivity contribution in [3.63, 3.8) is 0 Å². The Hall–Kier alpha value is -1.77. The van der Waals surface area contributed by atoms with Crippen LogP contribution in [0.4, 0.5) is 11.5 Å². The van der Waals surface area contributed by atoms with Gasteiger partial charge in [0.05, 0.1) is 11.9 Å². The van der Waals surface area contributed by atoms with Gasteiger partial charge in [0.15, 0.2) is 0 Å². The van der Waals surface area contributed by atoms with Crippen molar-refractivity contribution in [3.05, 3.63) is 30.5 Å². The number of nitrogens with zero attached hydrogens (tertiary/aromatic N) is 2. The van der Waals surface area contributed by atoms with E-state index in [0.29, 0.717) is 0 Å². The zero-order valence-corrected chi connectivity index (χ0v) is 10.7. The fourth-order valence-corrected chi connectivity index (χ4v) is 2.15. The molecule has 0 aliphatic heterocycles. The van der Waals surface area contributed by atoms with E-state index >= 15 is 0 Å². The van der Waals surface area contributed by atoms with E-state index in [-0.39, 0.29) is 0 Å². The van der Waals surface area contributed by atoms with Crippen molar-refractivity contribution in [2.45, 2.75) is 13.8 Å². The van der Waals surface area contributed by atoms with Crippen molar-refractivity contribution in [3.8, 4) is 0 Å². The lowest BCUT2D eigenvalue weighted by Gasteiger charge is -2.22. The van der Waals surface area contributed by atoms with Crippen LogP contribution in [-0.2, 0) is 0 Å². The highest BCUT2D eigenvalue weighted by Crippen LogP contribution is 2.29. The number of fused-ring (bicyclic) bond motifs is 1. The van der Waals surface area contributed by atoms with Gasteiger partial charge in [0.2, 0.25) is 0 Å². The number of nitrogens with one attached hydrogen (secondary N) is 1. The van der Waals surface area contributed by atoms with Crippen LogP contribution in [0.5, 0.6) is 0 Å². The topological polar surface area (TPSA) is 28.2 Å². The molecular formula is C14H19N3. The molecule has 0 amide bonds. The van der Waals surface area contributed by atoms with Gasteiger partial charge in [0.1, 0.15) is 5.82 Å². The third-order valence-corrected chi connectivity index (χ3v) is 3.11. The molecule has 0 fully saturated rings. The maximum atomic E-state index is 4.58. The molecule has 2 aromatic rings. The fraction of sp³-hybridized carbons (Fsp3) is 0.357. The number of anilines is 2. The standard InChI is InChI=1S/C14H19N3/c1-4-17(5-2)14-12-9-7-6-8-11(12)13(15-3)10-16-14/h6-10,15H,4-5H2,1-3H3. The van der Waals surface area contributed by atoms with Crippen LogP contribution >= 0.6 is 0 Å². The average Bonchev–Trinajstić information content (AvgIpc) is 2.40. The van der Waals surface area contributed by atoms with Crippen molar-refractivity contribution >= 4 is 22.3 Å². The zero-order valence-electron chi connectivity index (χ0n) is 10.7. The summed E-state index contributed by atoms with van der Waals surface area (Å²) in [7, 11) is 1.93. The molecule has 1 aromatic carbocycles. The quantitative estimate of drug-likeness (QED) is 0.873. The summed E-state index contributed by atoms with van der Waals surface area (Å²) in [5.41, 5.74) is 1.08. The molecule has 3 heteroatoms. The first kappa shape index (κ1) is 11.7. The Balaban J connectivity index is 2.66. The Morgan fingerprint density at radius 3 is 2.35 bits per heavy atom. The lowest BCUT2D eigenvalue weighted by molar-refractivity contribution is 0.852. The highest BCUT2D eigenvalue weighted by Gasteiger charge is 2.10. The summed E-state index contributed by atoms with van der Waals surface area (Å²) in [5, 5.41) is 5.63. The number of pyridine rings is 1. The highest BCUT2D eigenvalue weighted by atomic mass is 15.2. The fourth-order valence-electron chi connectivity index (χ4n) is 2.15. The molecule has 0 aliphatic carbocycles. The Kier molecular flexibility index (Phi) is 3.47. The summed E-state index contributed by atoms with van der Waals surface area (Å²) >= 11 is 0. The summed E-state index contributed by atoms with van der Waals surface area (Å²) < 4.78 is 0. The molecule has 1 heterocycles. The number of hydrogen-bond donors (Lipinski definition) is 1. The van der Waals surface area contributed by atoms with E-state index in [1.54, 1.807) is 0 Å².